The smallest absolute Gasteiger partial charge is 0.158 e. The molecule has 2 aromatic carbocycles. The van der Waals surface area contributed by atoms with Crippen molar-refractivity contribution in [3.05, 3.63) is 42.5 Å². The number of benzene rings is 2. The minimum absolute atomic E-state index is 0.826. The number of nitrogens with zero attached hydrogens (tertiary/aromatic N) is 2. The van der Waals surface area contributed by atoms with Gasteiger partial charge in [-0.25, -0.2) is 0 Å². The van der Waals surface area contributed by atoms with E-state index in [1.807, 2.05) is 30.5 Å². The standard InChI is InChI=1S/C13H12N2O/c1-2-5-12-10-13(7-6-11(12)4-1)16-15-9-3-8-14-15/h1-2,4-8,10H,3,9H2. The highest BCUT2D eigenvalue weighted by Gasteiger charge is 2.07. The van der Waals surface area contributed by atoms with E-state index < -0.39 is 0 Å². The Morgan fingerprint density at radius 1 is 1.06 bits per heavy atom. The van der Waals surface area contributed by atoms with Crippen LogP contribution in [0.15, 0.2) is 47.6 Å². The van der Waals surface area contributed by atoms with Crippen LogP contribution in [0.1, 0.15) is 6.42 Å². The lowest BCUT2D eigenvalue weighted by Gasteiger charge is -2.14. The minimum atomic E-state index is 0.826. The molecule has 0 radical (unpaired) electrons. The Hall–Kier alpha value is -2.03. The quantitative estimate of drug-likeness (QED) is 0.764. The molecule has 3 heteroatoms. The van der Waals surface area contributed by atoms with Crippen LogP contribution < -0.4 is 4.84 Å². The van der Waals surface area contributed by atoms with Crippen LogP contribution >= 0.6 is 0 Å². The number of fused-ring (bicyclic) bond motifs is 1. The maximum absolute atomic E-state index is 5.62. The zero-order valence-corrected chi connectivity index (χ0v) is 8.84. The summed E-state index contributed by atoms with van der Waals surface area (Å²) in [6, 6.07) is 14.3. The maximum atomic E-state index is 5.62. The Morgan fingerprint density at radius 3 is 2.75 bits per heavy atom. The first-order valence-corrected chi connectivity index (χ1v) is 5.38. The van der Waals surface area contributed by atoms with Crippen LogP contribution in [0.25, 0.3) is 10.8 Å². The third-order valence-corrected chi connectivity index (χ3v) is 2.59. The Bertz CT molecular complexity index is 536. The third-order valence-electron chi connectivity index (χ3n) is 2.59. The van der Waals surface area contributed by atoms with Gasteiger partial charge in [-0.3, -0.25) is 0 Å². The van der Waals surface area contributed by atoms with Gasteiger partial charge in [-0.05, 0) is 22.9 Å². The highest BCUT2D eigenvalue weighted by molar-refractivity contribution is 5.83. The molecule has 0 unspecified atom stereocenters. The lowest BCUT2D eigenvalue weighted by atomic mass is 10.1. The Morgan fingerprint density at radius 2 is 1.94 bits per heavy atom. The van der Waals surface area contributed by atoms with Crippen molar-refractivity contribution in [2.24, 2.45) is 5.10 Å². The number of hydrogen-bond donors (Lipinski definition) is 0. The maximum Gasteiger partial charge on any atom is 0.158 e. The molecule has 0 bridgehead atoms. The third kappa shape index (κ3) is 1.72. The molecule has 0 amide bonds. The number of rotatable bonds is 2. The van der Waals surface area contributed by atoms with Gasteiger partial charge < -0.3 is 4.84 Å². The zero-order chi connectivity index (χ0) is 10.8. The molecule has 2 aromatic rings. The molecule has 0 aromatic heterocycles. The van der Waals surface area contributed by atoms with Crippen molar-refractivity contribution in [1.29, 1.82) is 0 Å². The van der Waals surface area contributed by atoms with Gasteiger partial charge in [0.25, 0.3) is 0 Å². The highest BCUT2D eigenvalue weighted by atomic mass is 16.7. The summed E-state index contributed by atoms with van der Waals surface area (Å²) in [5.74, 6) is 0.831. The fourth-order valence-electron chi connectivity index (χ4n) is 1.79. The molecule has 16 heavy (non-hydrogen) atoms. The Labute approximate surface area is 93.9 Å². The van der Waals surface area contributed by atoms with E-state index in [9.17, 15) is 0 Å². The molecular formula is C13H12N2O. The fraction of sp³-hybridized carbons (Fsp3) is 0.154. The Balaban J connectivity index is 1.89. The SMILES string of the molecule is C1=NN(Oc2ccc3ccccc3c2)CC1. The summed E-state index contributed by atoms with van der Waals surface area (Å²) in [7, 11) is 0. The summed E-state index contributed by atoms with van der Waals surface area (Å²) < 4.78 is 0. The van der Waals surface area contributed by atoms with E-state index in [-0.39, 0.29) is 0 Å². The van der Waals surface area contributed by atoms with Gasteiger partial charge in [0, 0.05) is 12.6 Å². The molecule has 1 aliphatic heterocycles. The van der Waals surface area contributed by atoms with Gasteiger partial charge in [0.2, 0.25) is 0 Å². The number of hydrazone groups is 1. The minimum Gasteiger partial charge on any atom is -0.363 e. The first-order valence-electron chi connectivity index (χ1n) is 5.38. The van der Waals surface area contributed by atoms with E-state index in [1.165, 1.54) is 10.8 Å². The molecular weight excluding hydrogens is 200 g/mol. The molecule has 0 N–H and O–H groups in total. The molecule has 0 spiro atoms. The lowest BCUT2D eigenvalue weighted by molar-refractivity contribution is -0.0455. The predicted molar refractivity (Wildman–Crippen MR) is 64.4 cm³/mol. The molecule has 1 aliphatic rings. The van der Waals surface area contributed by atoms with Gasteiger partial charge in [0.05, 0.1) is 6.54 Å². The van der Waals surface area contributed by atoms with Gasteiger partial charge in [0.1, 0.15) is 0 Å². The number of hydrogen-bond acceptors (Lipinski definition) is 3. The molecule has 0 aliphatic carbocycles. The fourth-order valence-corrected chi connectivity index (χ4v) is 1.79. The largest absolute Gasteiger partial charge is 0.363 e. The van der Waals surface area contributed by atoms with Crippen LogP contribution in [-0.2, 0) is 0 Å². The van der Waals surface area contributed by atoms with Gasteiger partial charge in [-0.15, -0.1) is 5.17 Å². The van der Waals surface area contributed by atoms with Gasteiger partial charge in [0.15, 0.2) is 5.75 Å². The average molecular weight is 212 g/mol. The van der Waals surface area contributed by atoms with Crippen molar-refractivity contribution < 1.29 is 4.84 Å². The molecule has 0 atom stereocenters. The van der Waals surface area contributed by atoms with E-state index in [0.717, 1.165) is 18.7 Å². The van der Waals surface area contributed by atoms with Gasteiger partial charge in [-0.2, -0.15) is 5.10 Å². The molecule has 0 saturated carbocycles. The molecule has 3 rings (SSSR count). The summed E-state index contributed by atoms with van der Waals surface area (Å²) in [6.07, 6.45) is 2.81. The highest BCUT2D eigenvalue weighted by Crippen LogP contribution is 2.21. The predicted octanol–water partition coefficient (Wildman–Crippen LogP) is 2.83. The van der Waals surface area contributed by atoms with Crippen molar-refractivity contribution in [2.45, 2.75) is 6.42 Å². The summed E-state index contributed by atoms with van der Waals surface area (Å²) >= 11 is 0. The van der Waals surface area contributed by atoms with E-state index in [1.54, 1.807) is 5.17 Å². The summed E-state index contributed by atoms with van der Waals surface area (Å²) in [5.41, 5.74) is 0. The van der Waals surface area contributed by atoms with Crippen molar-refractivity contribution in [3.63, 3.8) is 0 Å². The van der Waals surface area contributed by atoms with Crippen molar-refractivity contribution in [1.82, 2.24) is 5.17 Å². The summed E-state index contributed by atoms with van der Waals surface area (Å²) in [6.45, 7) is 0.826. The van der Waals surface area contributed by atoms with Crippen LogP contribution in [0.4, 0.5) is 0 Å². The number of hydroxylamine groups is 1. The normalized spacial score (nSPS) is 14.6. The second-order valence-corrected chi connectivity index (χ2v) is 3.76. The van der Waals surface area contributed by atoms with Gasteiger partial charge in [-0.1, -0.05) is 30.3 Å². The molecule has 0 fully saturated rings. The lowest BCUT2D eigenvalue weighted by Crippen LogP contribution is -2.18. The second-order valence-electron chi connectivity index (χ2n) is 3.76. The zero-order valence-electron chi connectivity index (χ0n) is 8.84. The van der Waals surface area contributed by atoms with E-state index in [0.29, 0.717) is 0 Å². The monoisotopic (exact) mass is 212 g/mol. The molecule has 1 heterocycles. The second kappa shape index (κ2) is 3.85. The molecule has 0 saturated heterocycles. The van der Waals surface area contributed by atoms with Crippen LogP contribution in [0.2, 0.25) is 0 Å². The Kier molecular flexibility index (Phi) is 2.22. The van der Waals surface area contributed by atoms with Crippen molar-refractivity contribution in [3.8, 4) is 5.75 Å². The molecule has 80 valence electrons. The van der Waals surface area contributed by atoms with Crippen LogP contribution in [-0.4, -0.2) is 17.9 Å². The van der Waals surface area contributed by atoms with Crippen molar-refractivity contribution in [2.75, 3.05) is 6.54 Å². The van der Waals surface area contributed by atoms with Crippen LogP contribution in [0, 0.1) is 0 Å². The first kappa shape index (κ1) is 9.21. The van der Waals surface area contributed by atoms with E-state index in [2.05, 4.69) is 23.3 Å². The molecule has 3 nitrogen and oxygen atoms in total. The van der Waals surface area contributed by atoms with Gasteiger partial charge >= 0.3 is 0 Å². The average Bonchev–Trinajstić information content (AvgIpc) is 2.82. The van der Waals surface area contributed by atoms with E-state index in [4.69, 9.17) is 4.84 Å². The van der Waals surface area contributed by atoms with Crippen molar-refractivity contribution >= 4 is 17.0 Å². The topological polar surface area (TPSA) is 24.8 Å². The summed E-state index contributed by atoms with van der Waals surface area (Å²) in [5, 5.41) is 8.12. The van der Waals surface area contributed by atoms with Crippen LogP contribution in [0.3, 0.4) is 0 Å². The van der Waals surface area contributed by atoms with E-state index >= 15 is 0 Å². The first-order chi connectivity index (χ1) is 7.92. The van der Waals surface area contributed by atoms with Crippen LogP contribution in [0.5, 0.6) is 5.75 Å². The summed E-state index contributed by atoms with van der Waals surface area (Å²) in [4.78, 5) is 5.62.